The summed E-state index contributed by atoms with van der Waals surface area (Å²) in [5.41, 5.74) is 0.514. The topological polar surface area (TPSA) is 67.2 Å². The van der Waals surface area contributed by atoms with Gasteiger partial charge >= 0.3 is 0 Å². The minimum atomic E-state index is -0.250. The molecule has 19 heavy (non-hydrogen) atoms. The van der Waals surface area contributed by atoms with Crippen molar-refractivity contribution in [1.29, 1.82) is 0 Å². The predicted octanol–water partition coefficient (Wildman–Crippen LogP) is 1.88. The third-order valence-corrected chi connectivity index (χ3v) is 4.04. The van der Waals surface area contributed by atoms with E-state index in [2.05, 4.69) is 10.4 Å². The fourth-order valence-corrected chi connectivity index (χ4v) is 2.38. The van der Waals surface area contributed by atoms with Gasteiger partial charge in [-0.1, -0.05) is 18.5 Å². The lowest BCUT2D eigenvalue weighted by Crippen LogP contribution is -2.25. The maximum atomic E-state index is 11.9. The van der Waals surface area contributed by atoms with Crippen LogP contribution in [0.1, 0.15) is 32.6 Å². The summed E-state index contributed by atoms with van der Waals surface area (Å²) in [6.07, 6.45) is 5.46. The van der Waals surface area contributed by atoms with Crippen LogP contribution in [0, 0.1) is 5.41 Å². The number of nitrogens with zero attached hydrogens (tertiary/aromatic N) is 2. The lowest BCUT2D eigenvalue weighted by Gasteiger charge is -2.16. The van der Waals surface area contributed by atoms with E-state index < -0.39 is 0 Å². The number of anilines is 1. The maximum Gasteiger partial charge on any atom is 0.287 e. The summed E-state index contributed by atoms with van der Waals surface area (Å²) in [7, 11) is 0. The van der Waals surface area contributed by atoms with Gasteiger partial charge in [-0.05, 0) is 31.1 Å². The fraction of sp³-hybridized carbons (Fsp3) is 0.692. The number of aliphatic hydroxyl groups excluding tert-OH is 1. The van der Waals surface area contributed by atoms with Crippen molar-refractivity contribution in [1.82, 2.24) is 9.78 Å². The number of halogens is 1. The molecule has 1 fully saturated rings. The molecule has 2 rings (SSSR count). The van der Waals surface area contributed by atoms with Gasteiger partial charge in [-0.15, -0.1) is 0 Å². The molecule has 1 heterocycles. The summed E-state index contributed by atoms with van der Waals surface area (Å²) >= 11 is 6.08. The second-order valence-corrected chi connectivity index (χ2v) is 5.61. The molecule has 0 amide bonds. The number of nitrogens with one attached hydrogen (secondary N) is 1. The van der Waals surface area contributed by atoms with E-state index in [1.165, 1.54) is 4.68 Å². The molecule has 0 aliphatic heterocycles. The van der Waals surface area contributed by atoms with Crippen molar-refractivity contribution in [3.63, 3.8) is 0 Å². The Bertz CT molecular complexity index is 497. The summed E-state index contributed by atoms with van der Waals surface area (Å²) in [4.78, 5) is 11.9. The molecule has 0 unspecified atom stereocenters. The van der Waals surface area contributed by atoms with Crippen LogP contribution in [-0.4, -0.2) is 28.0 Å². The first-order valence-corrected chi connectivity index (χ1v) is 7.10. The minimum Gasteiger partial charge on any atom is -0.396 e. The molecule has 1 saturated carbocycles. The fourth-order valence-electron chi connectivity index (χ4n) is 2.17. The highest BCUT2D eigenvalue weighted by Gasteiger charge is 2.41. The van der Waals surface area contributed by atoms with E-state index in [0.717, 1.165) is 32.2 Å². The second-order valence-electron chi connectivity index (χ2n) is 5.23. The van der Waals surface area contributed by atoms with E-state index in [-0.39, 0.29) is 22.6 Å². The van der Waals surface area contributed by atoms with Crippen molar-refractivity contribution < 1.29 is 5.11 Å². The summed E-state index contributed by atoms with van der Waals surface area (Å²) < 4.78 is 1.38. The van der Waals surface area contributed by atoms with E-state index in [9.17, 15) is 4.79 Å². The summed E-state index contributed by atoms with van der Waals surface area (Å²) in [6, 6.07) is 0. The van der Waals surface area contributed by atoms with Gasteiger partial charge in [0.2, 0.25) is 0 Å². The van der Waals surface area contributed by atoms with Gasteiger partial charge in [0.15, 0.2) is 0 Å². The third kappa shape index (κ3) is 3.28. The van der Waals surface area contributed by atoms with Crippen molar-refractivity contribution in [2.45, 2.75) is 39.2 Å². The first-order chi connectivity index (χ1) is 9.12. The number of aromatic nitrogens is 2. The van der Waals surface area contributed by atoms with Crippen LogP contribution in [0.25, 0.3) is 0 Å². The zero-order chi connectivity index (χ0) is 13.9. The SMILES string of the molecule is CCCn1ncc(NCC2(CCO)CC2)c(Cl)c1=O. The molecule has 106 valence electrons. The monoisotopic (exact) mass is 285 g/mol. The zero-order valence-corrected chi connectivity index (χ0v) is 11.9. The van der Waals surface area contributed by atoms with Crippen LogP contribution >= 0.6 is 11.6 Å². The van der Waals surface area contributed by atoms with E-state index in [4.69, 9.17) is 16.7 Å². The molecule has 1 aromatic heterocycles. The quantitative estimate of drug-likeness (QED) is 0.803. The van der Waals surface area contributed by atoms with Gasteiger partial charge in [0, 0.05) is 19.7 Å². The number of aryl methyl sites for hydroxylation is 1. The van der Waals surface area contributed by atoms with Crippen LogP contribution in [0.15, 0.2) is 11.0 Å². The van der Waals surface area contributed by atoms with Crippen LogP contribution in [-0.2, 0) is 6.54 Å². The highest BCUT2D eigenvalue weighted by atomic mass is 35.5. The van der Waals surface area contributed by atoms with Gasteiger partial charge in [0.05, 0.1) is 11.9 Å². The third-order valence-electron chi connectivity index (χ3n) is 3.67. The Morgan fingerprint density at radius 1 is 1.58 bits per heavy atom. The standard InChI is InChI=1S/C13H20ClN3O2/c1-2-6-17-12(19)11(14)10(8-16-17)15-9-13(3-4-13)5-7-18/h8,15,18H,2-7,9H2,1H3. The van der Waals surface area contributed by atoms with E-state index >= 15 is 0 Å². The molecule has 0 bridgehead atoms. The molecule has 0 saturated heterocycles. The molecular formula is C13H20ClN3O2. The van der Waals surface area contributed by atoms with Crippen LogP contribution in [0.3, 0.4) is 0 Å². The zero-order valence-electron chi connectivity index (χ0n) is 11.2. The molecule has 0 atom stereocenters. The van der Waals surface area contributed by atoms with Gasteiger partial charge < -0.3 is 10.4 Å². The molecule has 2 N–H and O–H groups in total. The van der Waals surface area contributed by atoms with E-state index in [1.807, 2.05) is 6.92 Å². The lowest BCUT2D eigenvalue weighted by atomic mass is 10.0. The lowest BCUT2D eigenvalue weighted by molar-refractivity contribution is 0.253. The maximum absolute atomic E-state index is 11.9. The van der Waals surface area contributed by atoms with Gasteiger partial charge in [-0.25, -0.2) is 4.68 Å². The summed E-state index contributed by atoms with van der Waals surface area (Å²) in [5, 5.41) is 16.5. The van der Waals surface area contributed by atoms with Crippen molar-refractivity contribution >= 4 is 17.3 Å². The Morgan fingerprint density at radius 2 is 2.32 bits per heavy atom. The van der Waals surface area contributed by atoms with Crippen molar-refractivity contribution in [2.24, 2.45) is 5.41 Å². The molecular weight excluding hydrogens is 266 g/mol. The number of aliphatic hydroxyl groups is 1. The van der Waals surface area contributed by atoms with Crippen LogP contribution < -0.4 is 10.9 Å². The first kappa shape index (κ1) is 14.3. The smallest absolute Gasteiger partial charge is 0.287 e. The molecule has 0 aromatic carbocycles. The molecule has 1 aliphatic carbocycles. The second kappa shape index (κ2) is 5.92. The normalized spacial score (nSPS) is 16.4. The molecule has 0 radical (unpaired) electrons. The van der Waals surface area contributed by atoms with Crippen LogP contribution in [0.2, 0.25) is 5.02 Å². The highest BCUT2D eigenvalue weighted by molar-refractivity contribution is 6.32. The Labute approximate surface area is 117 Å². The van der Waals surface area contributed by atoms with Gasteiger partial charge in [-0.3, -0.25) is 4.79 Å². The average molecular weight is 286 g/mol. The van der Waals surface area contributed by atoms with E-state index in [0.29, 0.717) is 12.2 Å². The number of rotatable bonds is 7. The predicted molar refractivity (Wildman–Crippen MR) is 75.7 cm³/mol. The minimum absolute atomic E-state index is 0.177. The molecule has 5 nitrogen and oxygen atoms in total. The molecule has 0 spiro atoms. The van der Waals surface area contributed by atoms with E-state index in [1.54, 1.807) is 6.20 Å². The summed E-state index contributed by atoms with van der Waals surface area (Å²) in [5.74, 6) is 0. The van der Waals surface area contributed by atoms with Gasteiger partial charge in [0.25, 0.3) is 5.56 Å². The van der Waals surface area contributed by atoms with Crippen molar-refractivity contribution in [3.8, 4) is 0 Å². The Morgan fingerprint density at radius 3 is 2.89 bits per heavy atom. The molecule has 1 aliphatic rings. The van der Waals surface area contributed by atoms with Gasteiger partial charge in [-0.2, -0.15) is 5.10 Å². The average Bonchev–Trinajstić information content (AvgIpc) is 3.15. The largest absolute Gasteiger partial charge is 0.396 e. The van der Waals surface area contributed by atoms with Crippen LogP contribution in [0.4, 0.5) is 5.69 Å². The Kier molecular flexibility index (Phi) is 4.47. The number of hydrogen-bond acceptors (Lipinski definition) is 4. The van der Waals surface area contributed by atoms with Crippen molar-refractivity contribution in [3.05, 3.63) is 21.6 Å². The van der Waals surface area contributed by atoms with Gasteiger partial charge in [0.1, 0.15) is 5.02 Å². The molecule has 6 heteroatoms. The molecule has 1 aromatic rings. The summed E-state index contributed by atoms with van der Waals surface area (Å²) in [6.45, 7) is 3.49. The first-order valence-electron chi connectivity index (χ1n) is 6.72. The highest BCUT2D eigenvalue weighted by Crippen LogP contribution is 2.48. The van der Waals surface area contributed by atoms with Crippen LogP contribution in [0.5, 0.6) is 0 Å². The Balaban J connectivity index is 2.05. The van der Waals surface area contributed by atoms with Crippen molar-refractivity contribution in [2.75, 3.05) is 18.5 Å². The Hall–Kier alpha value is -1.07. The number of hydrogen-bond donors (Lipinski definition) is 2.